The van der Waals surface area contributed by atoms with Gasteiger partial charge in [0, 0.05) is 23.5 Å². The molecule has 1 amide bonds. The normalized spacial score (nSPS) is 11.8. The van der Waals surface area contributed by atoms with Crippen LogP contribution in [0.15, 0.2) is 102 Å². The van der Waals surface area contributed by atoms with Crippen molar-refractivity contribution in [3.63, 3.8) is 0 Å². The fraction of sp³-hybridized carbons (Fsp3) is 0.200. The zero-order chi connectivity index (χ0) is 26.2. The van der Waals surface area contributed by atoms with Crippen molar-refractivity contribution in [2.75, 3.05) is 0 Å². The molecule has 0 spiro atoms. The van der Waals surface area contributed by atoms with Crippen molar-refractivity contribution < 1.29 is 4.79 Å². The molecule has 0 bridgehead atoms. The minimum atomic E-state index is -0.129. The summed E-state index contributed by atoms with van der Waals surface area (Å²) < 4.78 is 2.10. The number of para-hydroxylation sites is 1. The number of carbonyl (C=O) groups is 1. The van der Waals surface area contributed by atoms with Crippen LogP contribution in [0.3, 0.4) is 0 Å². The van der Waals surface area contributed by atoms with E-state index in [2.05, 4.69) is 61.5 Å². The molecular formula is C30H29N5OS2. The van der Waals surface area contributed by atoms with E-state index in [4.69, 9.17) is 0 Å². The molecule has 2 heterocycles. The Kier molecular flexibility index (Phi) is 8.63. The Balaban J connectivity index is 1.22. The molecule has 1 N–H and O–H groups in total. The number of rotatable bonds is 11. The summed E-state index contributed by atoms with van der Waals surface area (Å²) in [5, 5.41) is 15.6. The van der Waals surface area contributed by atoms with Gasteiger partial charge in [-0.3, -0.25) is 9.36 Å². The van der Waals surface area contributed by atoms with Gasteiger partial charge in [0.25, 0.3) is 5.91 Å². The van der Waals surface area contributed by atoms with Crippen molar-refractivity contribution in [1.29, 1.82) is 0 Å². The van der Waals surface area contributed by atoms with Crippen molar-refractivity contribution >= 4 is 29.0 Å². The molecule has 1 atom stereocenters. The number of hydrogen-bond acceptors (Lipinski definition) is 6. The third-order valence-electron chi connectivity index (χ3n) is 6.12. The number of benzene rings is 3. The number of thiazole rings is 1. The van der Waals surface area contributed by atoms with Gasteiger partial charge in [-0.1, -0.05) is 90.6 Å². The summed E-state index contributed by atoms with van der Waals surface area (Å²) in [4.78, 5) is 17.4. The summed E-state index contributed by atoms with van der Waals surface area (Å²) >= 11 is 3.07. The van der Waals surface area contributed by atoms with E-state index in [0.29, 0.717) is 17.9 Å². The number of amides is 1. The average Bonchev–Trinajstić information content (AvgIpc) is 3.60. The molecule has 192 valence electrons. The predicted molar refractivity (Wildman–Crippen MR) is 154 cm³/mol. The van der Waals surface area contributed by atoms with E-state index in [0.717, 1.165) is 34.5 Å². The van der Waals surface area contributed by atoms with Gasteiger partial charge in [0.2, 0.25) is 0 Å². The maximum absolute atomic E-state index is 12.8. The fourth-order valence-electron chi connectivity index (χ4n) is 4.13. The van der Waals surface area contributed by atoms with Crippen LogP contribution in [-0.4, -0.2) is 31.7 Å². The van der Waals surface area contributed by atoms with E-state index in [-0.39, 0.29) is 11.9 Å². The summed E-state index contributed by atoms with van der Waals surface area (Å²) in [6, 6.07) is 30.8. The summed E-state index contributed by atoms with van der Waals surface area (Å²) in [7, 11) is 0. The Bertz CT molecular complexity index is 1450. The highest BCUT2D eigenvalue weighted by molar-refractivity contribution is 7.98. The number of aromatic nitrogens is 4. The summed E-state index contributed by atoms with van der Waals surface area (Å²) in [5.41, 5.74) is 3.94. The molecule has 5 aromatic rings. The van der Waals surface area contributed by atoms with Gasteiger partial charge in [0.15, 0.2) is 5.16 Å². The molecule has 0 saturated carbocycles. The first kappa shape index (κ1) is 25.9. The van der Waals surface area contributed by atoms with Gasteiger partial charge in [-0.25, -0.2) is 4.98 Å². The molecule has 5 rings (SSSR count). The molecule has 2 aromatic heterocycles. The highest BCUT2D eigenvalue weighted by Crippen LogP contribution is 2.27. The standard InChI is InChI=1S/C30H29N5OS2/c1-22(17-18-23-11-5-2-6-12-23)31-29(36)26-20-37-28(32-26)21-38-30-34-33-27(19-24-13-7-3-8-14-24)35(30)25-15-9-4-10-16-25/h2-16,20,22H,17-19,21H2,1H3,(H,31,36). The maximum atomic E-state index is 12.8. The van der Waals surface area contributed by atoms with E-state index in [1.165, 1.54) is 22.5 Å². The first-order valence-corrected chi connectivity index (χ1v) is 14.5. The molecule has 0 aliphatic heterocycles. The van der Waals surface area contributed by atoms with E-state index in [1.54, 1.807) is 11.8 Å². The lowest BCUT2D eigenvalue weighted by Crippen LogP contribution is -2.33. The van der Waals surface area contributed by atoms with Crippen molar-refractivity contribution in [3.8, 4) is 5.69 Å². The lowest BCUT2D eigenvalue weighted by atomic mass is 10.1. The molecule has 0 saturated heterocycles. The Hall–Kier alpha value is -3.75. The van der Waals surface area contributed by atoms with Crippen LogP contribution >= 0.6 is 23.1 Å². The minimum absolute atomic E-state index is 0.0645. The average molecular weight is 540 g/mol. The van der Waals surface area contributed by atoms with E-state index in [9.17, 15) is 4.79 Å². The van der Waals surface area contributed by atoms with Gasteiger partial charge in [-0.2, -0.15) is 0 Å². The van der Waals surface area contributed by atoms with Gasteiger partial charge in [0.05, 0.1) is 5.75 Å². The lowest BCUT2D eigenvalue weighted by molar-refractivity contribution is 0.0934. The molecule has 0 aliphatic carbocycles. The van der Waals surface area contributed by atoms with Gasteiger partial charge in [-0.05, 0) is 43.0 Å². The molecule has 0 radical (unpaired) electrons. The van der Waals surface area contributed by atoms with E-state index < -0.39 is 0 Å². The van der Waals surface area contributed by atoms with Gasteiger partial charge >= 0.3 is 0 Å². The van der Waals surface area contributed by atoms with E-state index in [1.807, 2.05) is 66.9 Å². The number of thioether (sulfide) groups is 1. The van der Waals surface area contributed by atoms with Crippen LogP contribution in [0, 0.1) is 0 Å². The summed E-state index contributed by atoms with van der Waals surface area (Å²) in [5.74, 6) is 1.36. The topological polar surface area (TPSA) is 72.7 Å². The van der Waals surface area contributed by atoms with Crippen molar-refractivity contribution in [3.05, 3.63) is 124 Å². The fourth-order valence-corrected chi connectivity index (χ4v) is 5.89. The maximum Gasteiger partial charge on any atom is 0.270 e. The summed E-state index contributed by atoms with van der Waals surface area (Å²) in [6.45, 7) is 2.04. The number of nitrogens with one attached hydrogen (secondary N) is 1. The zero-order valence-electron chi connectivity index (χ0n) is 21.2. The molecule has 8 heteroatoms. The smallest absolute Gasteiger partial charge is 0.270 e. The molecule has 1 unspecified atom stereocenters. The molecular weight excluding hydrogens is 510 g/mol. The largest absolute Gasteiger partial charge is 0.348 e. The quantitative estimate of drug-likeness (QED) is 0.198. The Labute approximate surface area is 231 Å². The van der Waals surface area contributed by atoms with Gasteiger partial charge < -0.3 is 5.32 Å². The predicted octanol–water partition coefficient (Wildman–Crippen LogP) is 6.36. The van der Waals surface area contributed by atoms with Crippen molar-refractivity contribution in [1.82, 2.24) is 25.1 Å². The van der Waals surface area contributed by atoms with Gasteiger partial charge in [-0.15, -0.1) is 21.5 Å². The number of hydrogen-bond donors (Lipinski definition) is 1. The monoisotopic (exact) mass is 539 g/mol. The Morgan fingerprint density at radius 3 is 2.29 bits per heavy atom. The lowest BCUT2D eigenvalue weighted by Gasteiger charge is -2.12. The highest BCUT2D eigenvalue weighted by atomic mass is 32.2. The number of aryl methyl sites for hydroxylation is 1. The third kappa shape index (κ3) is 6.76. The molecule has 3 aromatic carbocycles. The molecule has 0 aliphatic rings. The SMILES string of the molecule is CC(CCc1ccccc1)NC(=O)c1csc(CSc2nnc(Cc3ccccc3)n2-c2ccccc2)n1. The summed E-state index contributed by atoms with van der Waals surface area (Å²) in [6.07, 6.45) is 2.49. The first-order valence-electron chi connectivity index (χ1n) is 12.6. The van der Waals surface area contributed by atoms with Crippen LogP contribution < -0.4 is 5.32 Å². The number of carbonyl (C=O) groups excluding carboxylic acids is 1. The van der Waals surface area contributed by atoms with Crippen LogP contribution in [0.4, 0.5) is 0 Å². The number of nitrogens with zero attached hydrogens (tertiary/aromatic N) is 4. The zero-order valence-corrected chi connectivity index (χ0v) is 22.8. The van der Waals surface area contributed by atoms with Crippen LogP contribution in [0.2, 0.25) is 0 Å². The minimum Gasteiger partial charge on any atom is -0.348 e. The van der Waals surface area contributed by atoms with Crippen LogP contribution in [0.25, 0.3) is 5.69 Å². The second-order valence-electron chi connectivity index (χ2n) is 9.05. The Morgan fingerprint density at radius 1 is 0.921 bits per heavy atom. The highest BCUT2D eigenvalue weighted by Gasteiger charge is 2.17. The van der Waals surface area contributed by atoms with Crippen LogP contribution in [0.1, 0.15) is 45.8 Å². The molecule has 6 nitrogen and oxygen atoms in total. The van der Waals surface area contributed by atoms with Crippen molar-refractivity contribution in [2.24, 2.45) is 0 Å². The molecule has 38 heavy (non-hydrogen) atoms. The first-order chi connectivity index (χ1) is 18.7. The van der Waals surface area contributed by atoms with Gasteiger partial charge in [0.1, 0.15) is 16.5 Å². The van der Waals surface area contributed by atoms with E-state index >= 15 is 0 Å². The second kappa shape index (κ2) is 12.7. The third-order valence-corrected chi connectivity index (χ3v) is 8.09. The van der Waals surface area contributed by atoms with Crippen LogP contribution in [-0.2, 0) is 18.6 Å². The second-order valence-corrected chi connectivity index (χ2v) is 10.9. The van der Waals surface area contributed by atoms with Crippen LogP contribution in [0.5, 0.6) is 0 Å². The van der Waals surface area contributed by atoms with Crippen molar-refractivity contribution in [2.45, 2.75) is 43.1 Å². The molecule has 0 fully saturated rings. The Morgan fingerprint density at radius 2 is 1.58 bits per heavy atom.